The Kier molecular flexibility index (Phi) is 4.97. The van der Waals surface area contributed by atoms with Gasteiger partial charge in [0.2, 0.25) is 0 Å². The second-order valence-electron chi connectivity index (χ2n) is 6.37. The molecule has 0 heterocycles. The first kappa shape index (κ1) is 16.3. The van der Waals surface area contributed by atoms with Crippen LogP contribution in [-0.4, -0.2) is 17.4 Å². The van der Waals surface area contributed by atoms with E-state index in [1.54, 1.807) is 0 Å². The Hall–Kier alpha value is -1.03. The van der Waals surface area contributed by atoms with Crippen molar-refractivity contribution in [1.82, 2.24) is 0 Å². The summed E-state index contributed by atoms with van der Waals surface area (Å²) in [6, 6.07) is 6.02. The van der Waals surface area contributed by atoms with Gasteiger partial charge in [-0.25, -0.2) is 0 Å². The molecule has 0 saturated heterocycles. The minimum atomic E-state index is -4.13. The monoisotopic (exact) mass is 300 g/mol. The Balaban J connectivity index is 2.02. The third kappa shape index (κ3) is 4.22. The zero-order valence-corrected chi connectivity index (χ0v) is 12.6. The molecule has 1 N–H and O–H groups in total. The van der Waals surface area contributed by atoms with Crippen LogP contribution < -0.4 is 0 Å². The maximum atomic E-state index is 12.8. The number of hydrogen-bond acceptors (Lipinski definition) is 1. The summed E-state index contributed by atoms with van der Waals surface area (Å²) < 4.78 is 38.5. The molecule has 0 amide bonds. The molecular weight excluding hydrogens is 277 g/mol. The van der Waals surface area contributed by atoms with Gasteiger partial charge in [-0.15, -0.1) is 0 Å². The van der Waals surface area contributed by atoms with Gasteiger partial charge in [0.1, 0.15) is 0 Å². The third-order valence-electron chi connectivity index (χ3n) is 4.66. The third-order valence-corrected chi connectivity index (χ3v) is 4.66. The lowest BCUT2D eigenvalue weighted by Gasteiger charge is -2.33. The Labute approximate surface area is 124 Å². The molecule has 4 heteroatoms. The van der Waals surface area contributed by atoms with Gasteiger partial charge in [0.05, 0.1) is 12.0 Å². The fourth-order valence-corrected chi connectivity index (χ4v) is 3.29. The fraction of sp³-hybridized carbons (Fsp3) is 0.647. The molecule has 2 rings (SSSR count). The summed E-state index contributed by atoms with van der Waals surface area (Å²) in [5.74, 6) is -1.49. The molecule has 0 radical (unpaired) electrons. The van der Waals surface area contributed by atoms with Gasteiger partial charge in [0.15, 0.2) is 0 Å². The minimum absolute atomic E-state index is 0.0650. The highest BCUT2D eigenvalue weighted by atomic mass is 19.4. The van der Waals surface area contributed by atoms with Crippen LogP contribution in [0.3, 0.4) is 0 Å². The van der Waals surface area contributed by atoms with Gasteiger partial charge in [-0.1, -0.05) is 30.2 Å². The number of benzene rings is 1. The predicted octanol–water partition coefficient (Wildman–Crippen LogP) is 4.58. The van der Waals surface area contributed by atoms with E-state index in [1.165, 1.54) is 0 Å². The number of alkyl halides is 3. The molecule has 1 nitrogen and oxygen atoms in total. The van der Waals surface area contributed by atoms with Crippen molar-refractivity contribution in [3.05, 3.63) is 34.9 Å². The van der Waals surface area contributed by atoms with Gasteiger partial charge in [0.25, 0.3) is 0 Å². The average Bonchev–Trinajstić information content (AvgIpc) is 2.42. The lowest BCUT2D eigenvalue weighted by atomic mass is 9.77. The summed E-state index contributed by atoms with van der Waals surface area (Å²) in [5.41, 5.74) is 3.24. The first-order valence-corrected chi connectivity index (χ1v) is 7.58. The first-order chi connectivity index (χ1) is 9.77. The number of rotatable bonds is 3. The van der Waals surface area contributed by atoms with Gasteiger partial charge in [-0.3, -0.25) is 0 Å². The van der Waals surface area contributed by atoms with Gasteiger partial charge >= 0.3 is 6.18 Å². The predicted molar refractivity (Wildman–Crippen MR) is 77.1 cm³/mol. The van der Waals surface area contributed by atoms with Crippen molar-refractivity contribution in [3.63, 3.8) is 0 Å². The van der Waals surface area contributed by atoms with E-state index in [-0.39, 0.29) is 18.8 Å². The van der Waals surface area contributed by atoms with E-state index in [2.05, 4.69) is 0 Å². The molecule has 0 spiro atoms. The van der Waals surface area contributed by atoms with E-state index < -0.39 is 18.2 Å². The smallest absolute Gasteiger partial charge is 0.391 e. The second-order valence-corrected chi connectivity index (χ2v) is 6.37. The molecule has 1 saturated carbocycles. The molecule has 1 fully saturated rings. The number of aliphatic hydroxyl groups excluding tert-OH is 1. The Morgan fingerprint density at radius 3 is 2.62 bits per heavy atom. The van der Waals surface area contributed by atoms with E-state index in [4.69, 9.17) is 0 Å². The van der Waals surface area contributed by atoms with E-state index in [9.17, 15) is 18.3 Å². The Morgan fingerprint density at radius 2 is 1.95 bits per heavy atom. The maximum absolute atomic E-state index is 12.8. The molecule has 21 heavy (non-hydrogen) atoms. The molecule has 1 aromatic carbocycles. The van der Waals surface area contributed by atoms with Gasteiger partial charge in [-0.2, -0.15) is 13.2 Å². The van der Waals surface area contributed by atoms with Crippen LogP contribution in [0.1, 0.15) is 42.4 Å². The fourth-order valence-electron chi connectivity index (χ4n) is 3.29. The topological polar surface area (TPSA) is 20.2 Å². The van der Waals surface area contributed by atoms with Gasteiger partial charge < -0.3 is 5.11 Å². The zero-order valence-electron chi connectivity index (χ0n) is 12.6. The molecule has 0 bridgehead atoms. The van der Waals surface area contributed by atoms with Crippen molar-refractivity contribution < 1.29 is 18.3 Å². The summed E-state index contributed by atoms with van der Waals surface area (Å²) in [7, 11) is 0. The lowest BCUT2D eigenvalue weighted by Crippen LogP contribution is -2.34. The van der Waals surface area contributed by atoms with Crippen LogP contribution in [0.25, 0.3) is 0 Å². The summed E-state index contributed by atoms with van der Waals surface area (Å²) in [6.07, 6.45) is -2.85. The molecule has 3 atom stereocenters. The first-order valence-electron chi connectivity index (χ1n) is 7.58. The summed E-state index contributed by atoms with van der Waals surface area (Å²) >= 11 is 0. The Bertz CT molecular complexity index is 481. The standard InChI is InChI=1S/C17H23F3O/c1-11-6-7-12(2)14(8-11)10-16(21)13-4-3-5-15(9-13)17(18,19)20/h6-8,13,15-16,21H,3-5,9-10H2,1-2H3. The zero-order chi connectivity index (χ0) is 15.6. The van der Waals surface area contributed by atoms with Crippen molar-refractivity contribution in [3.8, 4) is 0 Å². The Morgan fingerprint density at radius 1 is 1.24 bits per heavy atom. The average molecular weight is 300 g/mol. The van der Waals surface area contributed by atoms with Gasteiger partial charge in [-0.05, 0) is 56.6 Å². The molecular formula is C17H23F3O. The van der Waals surface area contributed by atoms with Crippen molar-refractivity contribution >= 4 is 0 Å². The van der Waals surface area contributed by atoms with Crippen molar-refractivity contribution in [2.75, 3.05) is 0 Å². The largest absolute Gasteiger partial charge is 0.392 e. The molecule has 1 aromatic rings. The number of hydrogen-bond donors (Lipinski definition) is 1. The minimum Gasteiger partial charge on any atom is -0.392 e. The number of aliphatic hydroxyl groups is 1. The van der Waals surface area contributed by atoms with Crippen LogP contribution in [0.15, 0.2) is 18.2 Å². The summed E-state index contributed by atoms with van der Waals surface area (Å²) in [6.45, 7) is 3.95. The van der Waals surface area contributed by atoms with Crippen LogP contribution in [0, 0.1) is 25.7 Å². The lowest BCUT2D eigenvalue weighted by molar-refractivity contribution is -0.188. The highest BCUT2D eigenvalue weighted by molar-refractivity contribution is 5.31. The van der Waals surface area contributed by atoms with Crippen molar-refractivity contribution in [2.45, 2.75) is 58.2 Å². The van der Waals surface area contributed by atoms with Crippen LogP contribution in [0.5, 0.6) is 0 Å². The van der Waals surface area contributed by atoms with Crippen LogP contribution in [0.4, 0.5) is 13.2 Å². The van der Waals surface area contributed by atoms with Crippen LogP contribution >= 0.6 is 0 Å². The van der Waals surface area contributed by atoms with Crippen LogP contribution in [0.2, 0.25) is 0 Å². The molecule has 0 aromatic heterocycles. The SMILES string of the molecule is Cc1ccc(C)c(CC(O)C2CCCC(C(F)(F)F)C2)c1. The van der Waals surface area contributed by atoms with Crippen LogP contribution in [-0.2, 0) is 6.42 Å². The van der Waals surface area contributed by atoms with Gasteiger partial charge in [0, 0.05) is 0 Å². The van der Waals surface area contributed by atoms with Crippen molar-refractivity contribution in [1.29, 1.82) is 0 Å². The molecule has 0 aliphatic heterocycles. The normalized spacial score (nSPS) is 24.9. The quantitative estimate of drug-likeness (QED) is 0.866. The van der Waals surface area contributed by atoms with E-state index in [0.29, 0.717) is 19.3 Å². The second kappa shape index (κ2) is 6.39. The summed E-state index contributed by atoms with van der Waals surface area (Å²) in [4.78, 5) is 0. The highest BCUT2D eigenvalue weighted by Gasteiger charge is 2.43. The number of aryl methyl sites for hydroxylation is 2. The molecule has 1 aliphatic rings. The highest BCUT2D eigenvalue weighted by Crippen LogP contribution is 2.41. The van der Waals surface area contributed by atoms with Crippen molar-refractivity contribution in [2.24, 2.45) is 11.8 Å². The molecule has 118 valence electrons. The van der Waals surface area contributed by atoms with E-state index >= 15 is 0 Å². The van der Waals surface area contributed by atoms with E-state index in [0.717, 1.165) is 16.7 Å². The number of halogens is 3. The summed E-state index contributed by atoms with van der Waals surface area (Å²) in [5, 5.41) is 10.4. The maximum Gasteiger partial charge on any atom is 0.391 e. The van der Waals surface area contributed by atoms with E-state index in [1.807, 2.05) is 32.0 Å². The molecule has 3 unspecified atom stereocenters. The molecule has 1 aliphatic carbocycles.